The van der Waals surface area contributed by atoms with E-state index in [1.165, 1.54) is 125 Å². The molecule has 0 radical (unpaired) electrons. The van der Waals surface area contributed by atoms with Crippen LogP contribution in [0.1, 0.15) is 43.4 Å². The second-order valence-corrected chi connectivity index (χ2v) is 42.4. The van der Waals surface area contributed by atoms with E-state index in [2.05, 4.69) is 263 Å². The van der Waals surface area contributed by atoms with Crippen LogP contribution in [-0.2, 0) is 16.4 Å². The van der Waals surface area contributed by atoms with Gasteiger partial charge in [-0.2, -0.15) is 0 Å². The van der Waals surface area contributed by atoms with Crippen molar-refractivity contribution in [2.75, 3.05) is 0 Å². The van der Waals surface area contributed by atoms with Crippen molar-refractivity contribution in [1.82, 2.24) is 0 Å². The summed E-state index contributed by atoms with van der Waals surface area (Å²) in [5, 5.41) is 2.88. The summed E-state index contributed by atoms with van der Waals surface area (Å²) in [5.74, 6) is 0. The maximum absolute atomic E-state index is 9.48. The second kappa shape index (κ2) is 17.8. The molecule has 2 unspecified atom stereocenters. The van der Waals surface area contributed by atoms with Crippen LogP contribution in [-0.4, -0.2) is 9.52 Å². The Bertz CT molecular complexity index is 3640. The first-order valence-electron chi connectivity index (χ1n) is 25.2. The van der Waals surface area contributed by atoms with Crippen LogP contribution in [0.2, 0.25) is 0 Å². The second-order valence-electron chi connectivity index (χ2n) is 20.0. The van der Waals surface area contributed by atoms with Gasteiger partial charge in [0.15, 0.2) is 0 Å². The van der Waals surface area contributed by atoms with Crippen LogP contribution in [0.4, 0.5) is 0 Å². The van der Waals surface area contributed by atoms with Crippen molar-refractivity contribution in [2.45, 2.75) is 21.1 Å². The first-order valence-corrected chi connectivity index (χ1v) is 37.0. The summed E-state index contributed by atoms with van der Waals surface area (Å²) in [7, 11) is 18.0. The van der Waals surface area contributed by atoms with Gasteiger partial charge in [-0.3, -0.25) is 0 Å². The van der Waals surface area contributed by atoms with E-state index in [1.807, 2.05) is 0 Å². The van der Waals surface area contributed by atoms with E-state index >= 15 is 0 Å². The van der Waals surface area contributed by atoms with Crippen molar-refractivity contribution in [2.24, 2.45) is 0 Å². The third-order valence-electron chi connectivity index (χ3n) is 16.0. The van der Waals surface area contributed by atoms with Gasteiger partial charge in [0.05, 0.1) is 0 Å². The average Bonchev–Trinajstić information content (AvgIpc) is 4.12. The Kier molecular flexibility index (Phi) is 11.2. The van der Waals surface area contributed by atoms with E-state index in [0.717, 1.165) is 0 Å². The summed E-state index contributed by atoms with van der Waals surface area (Å²) in [5.41, 5.74) is 24.4. The monoisotopic (exact) mass is 1060 g/mol. The number of hydrogen-bond acceptors (Lipinski definition) is 0. The minimum atomic E-state index is -5.84. The molecule has 0 fully saturated rings. The molecule has 2 aliphatic carbocycles. The third kappa shape index (κ3) is 7.09. The molecule has 0 aromatic heterocycles. The zero-order valence-electron chi connectivity index (χ0n) is 40.3. The Hall–Kier alpha value is -6.64. The van der Waals surface area contributed by atoms with Crippen LogP contribution in [0, 0.1) is 0 Å². The molecular formula is C68H51Cl2SiZr. The van der Waals surface area contributed by atoms with Crippen molar-refractivity contribution in [3.63, 3.8) is 0 Å². The van der Waals surface area contributed by atoms with Gasteiger partial charge in [-0.15, -0.1) is 0 Å². The molecular weight excluding hydrogens is 1010 g/mol. The van der Waals surface area contributed by atoms with Crippen molar-refractivity contribution < 1.29 is 16.4 Å². The molecule has 0 N–H and O–H groups in total. The topological polar surface area (TPSA) is 0 Å². The van der Waals surface area contributed by atoms with Crippen LogP contribution in [0.15, 0.2) is 248 Å². The zero-order valence-corrected chi connectivity index (χ0v) is 45.7. The molecule has 0 amide bonds. The Morgan fingerprint density at radius 3 is 1.14 bits per heavy atom. The number of allylic oxidation sites excluding steroid dienone is 2. The molecule has 1 heterocycles. The minimum absolute atomic E-state index is 0.227. The summed E-state index contributed by atoms with van der Waals surface area (Å²) < 4.78 is 0.775. The Labute approximate surface area is 434 Å². The summed E-state index contributed by atoms with van der Waals surface area (Å²) >= 11 is -5.84. The number of benzene rings is 10. The molecule has 10 aromatic carbocycles. The van der Waals surface area contributed by atoms with Crippen LogP contribution >= 0.6 is 17.0 Å². The van der Waals surface area contributed by atoms with E-state index in [9.17, 15) is 17.0 Å². The fourth-order valence-corrected chi connectivity index (χ4v) is 41.9. The summed E-state index contributed by atoms with van der Waals surface area (Å²) in [6.07, 6.45) is 4.93. The first-order chi connectivity index (χ1) is 35.3. The molecule has 10 aromatic rings. The van der Waals surface area contributed by atoms with Gasteiger partial charge in [0.2, 0.25) is 0 Å². The average molecular weight is 1060 g/mol. The fourth-order valence-electron chi connectivity index (χ4n) is 13.1. The van der Waals surface area contributed by atoms with Crippen LogP contribution in [0.3, 0.4) is 0 Å². The Morgan fingerprint density at radius 1 is 0.333 bits per heavy atom. The molecule has 1 aliphatic heterocycles. The van der Waals surface area contributed by atoms with Crippen LogP contribution in [0.5, 0.6) is 0 Å². The molecule has 3 aliphatic rings. The van der Waals surface area contributed by atoms with Crippen molar-refractivity contribution in [3.05, 3.63) is 270 Å². The van der Waals surface area contributed by atoms with Gasteiger partial charge in [-0.1, -0.05) is 0 Å². The molecule has 345 valence electrons. The Morgan fingerprint density at radius 2 is 0.694 bits per heavy atom. The molecule has 0 spiro atoms. The summed E-state index contributed by atoms with van der Waals surface area (Å²) in [6.45, 7) is 4.64. The van der Waals surface area contributed by atoms with Gasteiger partial charge in [-0.25, -0.2) is 0 Å². The van der Waals surface area contributed by atoms with Gasteiger partial charge in [0, 0.05) is 0 Å². The van der Waals surface area contributed by atoms with Gasteiger partial charge in [0.25, 0.3) is 0 Å². The van der Waals surface area contributed by atoms with Crippen LogP contribution in [0.25, 0.3) is 90.0 Å². The van der Waals surface area contributed by atoms with E-state index < -0.39 is 25.9 Å². The molecule has 72 heavy (non-hydrogen) atoms. The first kappa shape index (κ1) is 45.2. The number of fused-ring (bicyclic) bond motifs is 5. The van der Waals surface area contributed by atoms with E-state index in [-0.39, 0.29) is 7.25 Å². The quantitative estimate of drug-likeness (QED) is 0.126. The van der Waals surface area contributed by atoms with Crippen molar-refractivity contribution in [3.8, 4) is 77.9 Å². The molecule has 4 heteroatoms. The van der Waals surface area contributed by atoms with Crippen molar-refractivity contribution in [1.29, 1.82) is 0 Å². The normalized spacial score (nSPS) is 16.2. The molecule has 0 bridgehead atoms. The molecule has 13 rings (SSSR count). The molecule has 0 nitrogen and oxygen atoms in total. The molecule has 2 atom stereocenters. The van der Waals surface area contributed by atoms with E-state index in [0.29, 0.717) is 0 Å². The number of rotatable bonds is 9. The van der Waals surface area contributed by atoms with Gasteiger partial charge >= 0.3 is 438 Å². The number of hydrogen-bond donors (Lipinski definition) is 0. The van der Waals surface area contributed by atoms with Gasteiger partial charge in [-0.05, 0) is 0 Å². The predicted octanol–water partition coefficient (Wildman–Crippen LogP) is 16.7. The van der Waals surface area contributed by atoms with Gasteiger partial charge < -0.3 is 0 Å². The third-order valence-corrected chi connectivity index (χ3v) is 39.2. The van der Waals surface area contributed by atoms with E-state index in [4.69, 9.17) is 0 Å². The van der Waals surface area contributed by atoms with Gasteiger partial charge in [0.1, 0.15) is 0 Å². The Balaban J connectivity index is 1.11. The molecule has 0 saturated carbocycles. The summed E-state index contributed by atoms with van der Waals surface area (Å²) in [4.78, 5) is 0. The predicted molar refractivity (Wildman–Crippen MR) is 309 cm³/mol. The fraction of sp³-hybridized carbons (Fsp3) is 0.0588. The summed E-state index contributed by atoms with van der Waals surface area (Å²) in [6, 6.07) is 86.7. The zero-order chi connectivity index (χ0) is 48.6. The molecule has 0 saturated heterocycles. The van der Waals surface area contributed by atoms with E-state index in [1.54, 1.807) is 0 Å². The maximum atomic E-state index is 9.48. The number of halogens is 2. The SMILES string of the molecule is CC1=Cc2c(ccc(-c3ccccc3)c2-c2ccccc2-c2ccccc2)[CH]1[Zr]([Cl])([Cl])([c]1cccc2c1[SiH2]c1ccccc1-2)[CH]1C(C)=Cc2c1ccc(-c1ccccc1)c2-c1ccccc1-c1ccccc1. The van der Waals surface area contributed by atoms with Crippen LogP contribution < -0.4 is 13.6 Å². The standard InChI is InChI=1S/2C28H21.C12H9Si.2ClH.Zr/c2*1-20-18-23-16-17-25(22-12-6-3-7-13-22)28(27(23)19-20)26-15-9-8-14-24(26)21-10-4-2-5-11-21;1-3-7-11-9(5-1)10-6-2-4-8-12(10)13-11;;;/h2*2-19H,1H3;1-7H,13H2;2*1H;/q;;;;;+2/p-2. The van der Waals surface area contributed by atoms with Crippen molar-refractivity contribution >= 4 is 52.3 Å².